The van der Waals surface area contributed by atoms with Crippen LogP contribution in [0.2, 0.25) is 0 Å². The Kier molecular flexibility index (Phi) is 3.68. The van der Waals surface area contributed by atoms with E-state index in [9.17, 15) is 9.59 Å². The van der Waals surface area contributed by atoms with Gasteiger partial charge in [0.1, 0.15) is 12.2 Å². The van der Waals surface area contributed by atoms with Gasteiger partial charge < -0.3 is 4.74 Å². The van der Waals surface area contributed by atoms with Gasteiger partial charge in [0.05, 0.1) is 17.8 Å². The lowest BCUT2D eigenvalue weighted by Crippen LogP contribution is -2.23. The van der Waals surface area contributed by atoms with E-state index in [4.69, 9.17) is 10.00 Å². The van der Waals surface area contributed by atoms with Gasteiger partial charge in [0.15, 0.2) is 4.96 Å². The molecule has 108 valence electrons. The van der Waals surface area contributed by atoms with Crippen LogP contribution in [0, 0.1) is 11.3 Å². The molecule has 7 heteroatoms. The average Bonchev–Trinajstić information content (AvgIpc) is 3.03. The minimum Gasteiger partial charge on any atom is -0.457 e. The standard InChI is InChI=1S/C15H9N3O3S/c16-7-10-1-3-11(4-2-10)9-21-14(20)12-8-17-15-18(13(12)19)5-6-22-15/h1-6,8H,9H2. The highest BCUT2D eigenvalue weighted by Gasteiger charge is 2.15. The largest absolute Gasteiger partial charge is 0.457 e. The van der Waals surface area contributed by atoms with E-state index in [0.717, 1.165) is 5.56 Å². The van der Waals surface area contributed by atoms with E-state index in [0.29, 0.717) is 10.5 Å². The number of carbonyl (C=O) groups is 1. The normalized spacial score (nSPS) is 10.3. The van der Waals surface area contributed by atoms with Crippen molar-refractivity contribution in [1.82, 2.24) is 9.38 Å². The number of rotatable bonds is 3. The molecule has 6 nitrogen and oxygen atoms in total. The van der Waals surface area contributed by atoms with E-state index in [2.05, 4.69) is 4.98 Å². The molecule has 0 radical (unpaired) electrons. The number of hydrogen-bond acceptors (Lipinski definition) is 6. The van der Waals surface area contributed by atoms with Crippen LogP contribution < -0.4 is 5.56 Å². The summed E-state index contributed by atoms with van der Waals surface area (Å²) in [7, 11) is 0. The minimum atomic E-state index is -0.720. The number of carbonyl (C=O) groups excluding carboxylic acids is 1. The predicted octanol–water partition coefficient (Wildman–Crippen LogP) is 1.98. The van der Waals surface area contributed by atoms with Crippen LogP contribution in [-0.2, 0) is 11.3 Å². The van der Waals surface area contributed by atoms with E-state index in [-0.39, 0.29) is 12.2 Å². The van der Waals surface area contributed by atoms with Crippen LogP contribution in [0.25, 0.3) is 4.96 Å². The molecule has 0 saturated carbocycles. The lowest BCUT2D eigenvalue weighted by Gasteiger charge is -2.04. The molecule has 0 atom stereocenters. The van der Waals surface area contributed by atoms with Crippen molar-refractivity contribution in [2.45, 2.75) is 6.61 Å². The molecule has 0 fully saturated rings. The lowest BCUT2D eigenvalue weighted by atomic mass is 10.2. The number of benzene rings is 1. The van der Waals surface area contributed by atoms with Crippen molar-refractivity contribution in [3.63, 3.8) is 0 Å². The summed E-state index contributed by atoms with van der Waals surface area (Å²) < 4.78 is 6.43. The molecule has 3 rings (SSSR count). The van der Waals surface area contributed by atoms with E-state index in [1.54, 1.807) is 35.8 Å². The highest BCUT2D eigenvalue weighted by molar-refractivity contribution is 7.15. The molecular weight excluding hydrogens is 302 g/mol. The van der Waals surface area contributed by atoms with Gasteiger partial charge in [0.2, 0.25) is 0 Å². The Balaban J connectivity index is 1.77. The fourth-order valence-corrected chi connectivity index (χ4v) is 2.54. The number of ether oxygens (including phenoxy) is 1. The molecule has 0 saturated heterocycles. The average molecular weight is 311 g/mol. The van der Waals surface area contributed by atoms with Crippen LogP contribution in [-0.4, -0.2) is 15.4 Å². The fraction of sp³-hybridized carbons (Fsp3) is 0.0667. The topological polar surface area (TPSA) is 84.5 Å². The van der Waals surface area contributed by atoms with Gasteiger partial charge in [-0.25, -0.2) is 9.78 Å². The molecule has 3 aromatic rings. The highest BCUT2D eigenvalue weighted by atomic mass is 32.1. The predicted molar refractivity (Wildman–Crippen MR) is 79.6 cm³/mol. The first-order valence-corrected chi connectivity index (χ1v) is 7.18. The van der Waals surface area contributed by atoms with Crippen LogP contribution >= 0.6 is 11.3 Å². The van der Waals surface area contributed by atoms with Crippen molar-refractivity contribution in [1.29, 1.82) is 5.26 Å². The number of fused-ring (bicyclic) bond motifs is 1. The van der Waals surface area contributed by atoms with Crippen LogP contribution in [0.3, 0.4) is 0 Å². The Morgan fingerprint density at radius 3 is 2.86 bits per heavy atom. The smallest absolute Gasteiger partial charge is 0.345 e. The minimum absolute atomic E-state index is 0.0241. The van der Waals surface area contributed by atoms with Gasteiger partial charge in [0.25, 0.3) is 5.56 Å². The second-order valence-electron chi connectivity index (χ2n) is 4.42. The maximum Gasteiger partial charge on any atom is 0.345 e. The summed E-state index contributed by atoms with van der Waals surface area (Å²) in [6, 6.07) is 8.67. The molecule has 22 heavy (non-hydrogen) atoms. The lowest BCUT2D eigenvalue weighted by molar-refractivity contribution is 0.0470. The van der Waals surface area contributed by atoms with Crippen LogP contribution in [0.1, 0.15) is 21.5 Å². The fourth-order valence-electron chi connectivity index (χ4n) is 1.87. The maximum absolute atomic E-state index is 12.1. The number of nitrogens with zero attached hydrogens (tertiary/aromatic N) is 3. The molecule has 2 heterocycles. The Hall–Kier alpha value is -2.98. The summed E-state index contributed by atoms with van der Waals surface area (Å²) in [5.41, 5.74) is 0.707. The number of aromatic nitrogens is 2. The zero-order valence-corrected chi connectivity index (χ0v) is 12.0. The van der Waals surface area contributed by atoms with E-state index < -0.39 is 11.5 Å². The first-order valence-electron chi connectivity index (χ1n) is 6.30. The molecule has 0 spiro atoms. The van der Waals surface area contributed by atoms with Gasteiger partial charge in [-0.2, -0.15) is 5.26 Å². The van der Waals surface area contributed by atoms with Crippen molar-refractivity contribution < 1.29 is 9.53 Å². The van der Waals surface area contributed by atoms with Gasteiger partial charge in [-0.1, -0.05) is 12.1 Å². The molecule has 0 aliphatic carbocycles. The van der Waals surface area contributed by atoms with Crippen molar-refractivity contribution in [2.24, 2.45) is 0 Å². The SMILES string of the molecule is N#Cc1ccc(COC(=O)c2cnc3sccn3c2=O)cc1. The van der Waals surface area contributed by atoms with E-state index in [1.807, 2.05) is 6.07 Å². The van der Waals surface area contributed by atoms with Crippen molar-refractivity contribution in [2.75, 3.05) is 0 Å². The Labute approximate surface area is 128 Å². The summed E-state index contributed by atoms with van der Waals surface area (Å²) >= 11 is 1.31. The summed E-state index contributed by atoms with van der Waals surface area (Å²) in [5.74, 6) is -0.720. The molecule has 0 unspecified atom stereocenters. The zero-order chi connectivity index (χ0) is 15.5. The number of nitriles is 1. The molecule has 2 aromatic heterocycles. The van der Waals surface area contributed by atoms with Gasteiger partial charge >= 0.3 is 5.97 Å². The number of esters is 1. The molecule has 0 N–H and O–H groups in total. The van der Waals surface area contributed by atoms with Gasteiger partial charge in [-0.15, -0.1) is 11.3 Å². The Morgan fingerprint density at radius 1 is 1.36 bits per heavy atom. The van der Waals surface area contributed by atoms with Crippen molar-refractivity contribution in [3.05, 3.63) is 69.1 Å². The van der Waals surface area contributed by atoms with Gasteiger partial charge in [-0.05, 0) is 17.7 Å². The molecule has 0 aliphatic rings. The first-order chi connectivity index (χ1) is 10.7. The van der Waals surface area contributed by atoms with Gasteiger partial charge in [-0.3, -0.25) is 9.20 Å². The first kappa shape index (κ1) is 14.0. The molecule has 0 bridgehead atoms. The second kappa shape index (κ2) is 5.79. The summed E-state index contributed by atoms with van der Waals surface area (Å²) in [5, 5.41) is 10.4. The summed E-state index contributed by atoms with van der Waals surface area (Å²) in [6.07, 6.45) is 2.79. The van der Waals surface area contributed by atoms with Gasteiger partial charge in [0, 0.05) is 11.6 Å². The summed E-state index contributed by atoms with van der Waals surface area (Å²) in [4.78, 5) is 28.7. The third-order valence-electron chi connectivity index (χ3n) is 3.02. The zero-order valence-electron chi connectivity index (χ0n) is 11.2. The van der Waals surface area contributed by atoms with Crippen molar-refractivity contribution in [3.8, 4) is 6.07 Å². The Bertz CT molecular complexity index is 935. The Morgan fingerprint density at radius 2 is 2.14 bits per heavy atom. The van der Waals surface area contributed by atoms with Crippen LogP contribution in [0.15, 0.2) is 46.8 Å². The maximum atomic E-state index is 12.1. The number of hydrogen-bond donors (Lipinski definition) is 0. The highest BCUT2D eigenvalue weighted by Crippen LogP contribution is 2.08. The van der Waals surface area contributed by atoms with E-state index in [1.165, 1.54) is 21.9 Å². The molecule has 0 aliphatic heterocycles. The third-order valence-corrected chi connectivity index (χ3v) is 3.79. The summed E-state index contributed by atoms with van der Waals surface area (Å²) in [6.45, 7) is 0.0241. The van der Waals surface area contributed by atoms with Crippen molar-refractivity contribution >= 4 is 22.3 Å². The molecule has 0 amide bonds. The third kappa shape index (κ3) is 2.60. The number of thiazole rings is 1. The second-order valence-corrected chi connectivity index (χ2v) is 5.29. The van der Waals surface area contributed by atoms with Crippen LogP contribution in [0.4, 0.5) is 0 Å². The monoisotopic (exact) mass is 311 g/mol. The van der Waals surface area contributed by atoms with E-state index >= 15 is 0 Å². The van der Waals surface area contributed by atoms with Crippen LogP contribution in [0.5, 0.6) is 0 Å². The molecular formula is C15H9N3O3S. The molecule has 1 aromatic carbocycles. The quantitative estimate of drug-likeness (QED) is 0.691.